The van der Waals surface area contributed by atoms with Crippen LogP contribution in [0.3, 0.4) is 0 Å². The maximum Gasteiger partial charge on any atom is 0.162 e. The van der Waals surface area contributed by atoms with Crippen molar-refractivity contribution in [1.29, 1.82) is 0 Å². The summed E-state index contributed by atoms with van der Waals surface area (Å²) in [5.74, 6) is 1.15. The van der Waals surface area contributed by atoms with Gasteiger partial charge in [0.15, 0.2) is 5.78 Å². The third-order valence-electron chi connectivity index (χ3n) is 9.16. The van der Waals surface area contributed by atoms with Crippen molar-refractivity contribution in [2.45, 2.75) is 99.8 Å². The van der Waals surface area contributed by atoms with Gasteiger partial charge in [-0.15, -0.1) is 40.5 Å². The van der Waals surface area contributed by atoms with Gasteiger partial charge < -0.3 is 5.11 Å². The summed E-state index contributed by atoms with van der Waals surface area (Å²) < 4.78 is 1.35. The number of fused-ring (bicyclic) bond motifs is 2. The van der Waals surface area contributed by atoms with Crippen molar-refractivity contribution < 1.29 is 30.0 Å². The number of hydrogen-bond acceptors (Lipinski definition) is 5. The first-order chi connectivity index (χ1) is 22.9. The maximum atomic E-state index is 11.7. The molecule has 0 fully saturated rings. The van der Waals surface area contributed by atoms with Gasteiger partial charge in [0.25, 0.3) is 0 Å². The van der Waals surface area contributed by atoms with Crippen LogP contribution >= 0.6 is 11.3 Å². The first-order valence-corrected chi connectivity index (χ1v) is 18.5. The molecule has 0 saturated carbocycles. The van der Waals surface area contributed by atoms with Gasteiger partial charge in [-0.1, -0.05) is 97.5 Å². The molecule has 5 aromatic rings. The minimum absolute atomic E-state index is 0. The van der Waals surface area contributed by atoms with Gasteiger partial charge >= 0.3 is 0 Å². The SMILES string of the molecule is CC(C)Cc1cnc(-c2ccnc(-c3[c-]c4ccccc4c(C(C)(C)C)c3)c2)c2ccsc12.CCC(CC)C(=O)/C=C(\O)C(CC)CC.[Ir]. The predicted molar refractivity (Wildman–Crippen MR) is 206 cm³/mol. The van der Waals surface area contributed by atoms with Crippen molar-refractivity contribution in [3.63, 3.8) is 0 Å². The number of carbonyl (C=O) groups excluding carboxylic acids is 1. The summed E-state index contributed by atoms with van der Waals surface area (Å²) in [6, 6.07) is 20.8. The molecule has 0 unspecified atom stereocenters. The van der Waals surface area contributed by atoms with Gasteiger partial charge in [0, 0.05) is 66.2 Å². The van der Waals surface area contributed by atoms with Crippen LogP contribution in [-0.4, -0.2) is 20.9 Å². The van der Waals surface area contributed by atoms with E-state index in [0.717, 1.165) is 60.0 Å². The van der Waals surface area contributed by atoms with Crippen LogP contribution in [0.1, 0.15) is 99.1 Å². The van der Waals surface area contributed by atoms with Crippen LogP contribution in [0.4, 0.5) is 0 Å². The topological polar surface area (TPSA) is 63.1 Å². The molecule has 6 heteroatoms. The van der Waals surface area contributed by atoms with Gasteiger partial charge in [0.2, 0.25) is 0 Å². The molecule has 3 heterocycles. The molecule has 0 atom stereocenters. The normalized spacial score (nSPS) is 12.0. The summed E-state index contributed by atoms with van der Waals surface area (Å²) in [6.07, 6.45) is 9.91. The standard InChI is InChI=1S/C30H29N2S.C13H24O2.Ir/c1-19(2)14-23-18-32-28(25-11-13-33-29(23)25)21-10-12-31-27(17-21)22-15-20-8-6-7-9-24(20)26(16-22)30(3,4)5;1-5-10(6-2)12(14)9-13(15)11(7-3)8-4;/h6-13,16-19H,14H2,1-5H3;9-11,14H,5-8H2,1-4H3;/q-1;;/b;12-9-;. The molecule has 2 aromatic carbocycles. The van der Waals surface area contributed by atoms with E-state index >= 15 is 0 Å². The fourth-order valence-electron chi connectivity index (χ4n) is 6.32. The van der Waals surface area contributed by atoms with E-state index in [-0.39, 0.29) is 48.9 Å². The number of ketones is 1. The van der Waals surface area contributed by atoms with E-state index in [1.54, 1.807) is 0 Å². The second kappa shape index (κ2) is 18.2. The molecule has 1 radical (unpaired) electrons. The zero-order chi connectivity index (χ0) is 35.0. The van der Waals surface area contributed by atoms with Crippen molar-refractivity contribution >= 4 is 38.0 Å². The smallest absolute Gasteiger partial charge is 0.162 e. The van der Waals surface area contributed by atoms with Gasteiger partial charge in [-0.2, -0.15) is 0 Å². The average molecular weight is 854 g/mol. The number of aliphatic hydroxyl groups excluding tert-OH is 1. The Balaban J connectivity index is 0.000000347. The summed E-state index contributed by atoms with van der Waals surface area (Å²) in [4.78, 5) is 21.4. The van der Waals surface area contributed by atoms with Gasteiger partial charge in [-0.25, -0.2) is 0 Å². The first kappa shape index (κ1) is 40.3. The third-order valence-corrected chi connectivity index (χ3v) is 10.2. The predicted octanol–water partition coefficient (Wildman–Crippen LogP) is 12.3. The monoisotopic (exact) mass is 854 g/mol. The van der Waals surface area contributed by atoms with Crippen LogP contribution in [0.5, 0.6) is 0 Å². The van der Waals surface area contributed by atoms with E-state index in [0.29, 0.717) is 5.92 Å². The molecule has 5 rings (SSSR count). The molecule has 263 valence electrons. The summed E-state index contributed by atoms with van der Waals surface area (Å²) in [5.41, 5.74) is 6.76. The minimum Gasteiger partial charge on any atom is -0.512 e. The fourth-order valence-corrected chi connectivity index (χ4v) is 7.24. The Bertz CT molecular complexity index is 1860. The van der Waals surface area contributed by atoms with Crippen molar-refractivity contribution in [3.8, 4) is 22.5 Å². The summed E-state index contributed by atoms with van der Waals surface area (Å²) >= 11 is 1.81. The zero-order valence-electron chi connectivity index (χ0n) is 30.7. The van der Waals surface area contributed by atoms with Crippen molar-refractivity contribution in [1.82, 2.24) is 9.97 Å². The molecular formula is C43H53IrN2O2S-. The number of hydrogen-bond donors (Lipinski definition) is 1. The third kappa shape index (κ3) is 9.96. The fraction of sp³-hybridized carbons (Fsp3) is 0.419. The Labute approximate surface area is 311 Å². The number of aromatic nitrogens is 2. The van der Waals surface area contributed by atoms with Crippen molar-refractivity contribution in [2.75, 3.05) is 0 Å². The maximum absolute atomic E-state index is 11.7. The second-order valence-corrected chi connectivity index (χ2v) is 15.1. The average Bonchev–Trinajstić information content (AvgIpc) is 3.56. The van der Waals surface area contributed by atoms with Crippen LogP contribution in [-0.2, 0) is 36.7 Å². The largest absolute Gasteiger partial charge is 0.512 e. The number of rotatable bonds is 11. The number of thiophene rings is 1. The molecule has 1 N–H and O–H groups in total. The second-order valence-electron chi connectivity index (χ2n) is 14.2. The molecule has 0 saturated heterocycles. The van der Waals surface area contributed by atoms with Gasteiger partial charge in [0.05, 0.1) is 11.5 Å². The summed E-state index contributed by atoms with van der Waals surface area (Å²) in [7, 11) is 0. The Morgan fingerprint density at radius 3 is 2.22 bits per heavy atom. The van der Waals surface area contributed by atoms with E-state index < -0.39 is 0 Å². The van der Waals surface area contributed by atoms with Crippen molar-refractivity contribution in [2.24, 2.45) is 17.8 Å². The van der Waals surface area contributed by atoms with E-state index in [1.807, 2.05) is 45.2 Å². The van der Waals surface area contributed by atoms with Gasteiger partial charge in [-0.3, -0.25) is 14.8 Å². The molecule has 0 bridgehead atoms. The Hall–Kier alpha value is -3.18. The number of aliphatic hydroxyl groups is 1. The van der Waals surface area contributed by atoms with E-state index in [4.69, 9.17) is 9.97 Å². The van der Waals surface area contributed by atoms with E-state index in [1.165, 1.54) is 32.7 Å². The molecule has 0 amide bonds. The zero-order valence-corrected chi connectivity index (χ0v) is 33.9. The minimum atomic E-state index is 0. The molecule has 0 aliphatic heterocycles. The van der Waals surface area contributed by atoms with Gasteiger partial charge in [0.1, 0.15) is 0 Å². The van der Waals surface area contributed by atoms with Crippen LogP contribution in [0.15, 0.2) is 78.1 Å². The van der Waals surface area contributed by atoms with Crippen LogP contribution in [0.25, 0.3) is 43.4 Å². The van der Waals surface area contributed by atoms with Crippen molar-refractivity contribution in [3.05, 3.63) is 95.3 Å². The number of benzene rings is 2. The number of pyridine rings is 2. The molecule has 4 nitrogen and oxygen atoms in total. The quantitative estimate of drug-likeness (QED) is 0.0817. The number of nitrogens with zero attached hydrogens (tertiary/aromatic N) is 2. The molecule has 3 aromatic heterocycles. The first-order valence-electron chi connectivity index (χ1n) is 17.6. The summed E-state index contributed by atoms with van der Waals surface area (Å²) in [6.45, 7) is 19.4. The van der Waals surface area contributed by atoms with Crippen LogP contribution < -0.4 is 0 Å². The van der Waals surface area contributed by atoms with Crippen LogP contribution in [0, 0.1) is 23.8 Å². The molecule has 49 heavy (non-hydrogen) atoms. The Morgan fingerprint density at radius 2 is 1.59 bits per heavy atom. The van der Waals surface area contributed by atoms with E-state index in [9.17, 15) is 9.90 Å². The summed E-state index contributed by atoms with van der Waals surface area (Å²) in [5, 5.41) is 15.5. The van der Waals surface area contributed by atoms with Gasteiger partial charge in [-0.05, 0) is 72.1 Å². The molecular weight excluding hydrogens is 801 g/mol. The Morgan fingerprint density at radius 1 is 0.918 bits per heavy atom. The molecule has 0 spiro atoms. The van der Waals surface area contributed by atoms with Crippen LogP contribution in [0.2, 0.25) is 0 Å². The molecule has 0 aliphatic carbocycles. The molecule has 0 aliphatic rings. The van der Waals surface area contributed by atoms with E-state index in [2.05, 4.69) is 101 Å². The Kier molecular flexibility index (Phi) is 14.9. The number of carbonyl (C=O) groups is 1. The number of allylic oxidation sites excluding steroid dienone is 2.